The number of carbonyl (C=O) groups is 4. The minimum absolute atomic E-state index is 0.00400. The number of ether oxygens (including phenoxy) is 3. The van der Waals surface area contributed by atoms with E-state index in [1.165, 1.54) is 11.0 Å². The van der Waals surface area contributed by atoms with E-state index >= 15 is 0 Å². The van der Waals surface area contributed by atoms with Gasteiger partial charge < -0.3 is 34.9 Å². The molecule has 13 heteroatoms. The van der Waals surface area contributed by atoms with Crippen LogP contribution in [0.15, 0.2) is 49.6 Å². The number of amides is 3. The Morgan fingerprint density at radius 1 is 1.11 bits per heavy atom. The zero-order valence-corrected chi connectivity index (χ0v) is 30.5. The molecule has 4 aliphatic rings. The molecule has 6 rings (SSSR count). The van der Waals surface area contributed by atoms with Gasteiger partial charge in [-0.05, 0) is 88.3 Å². The first-order valence-corrected chi connectivity index (χ1v) is 18.9. The van der Waals surface area contributed by atoms with Crippen molar-refractivity contribution < 1.29 is 38.5 Å². The van der Waals surface area contributed by atoms with Gasteiger partial charge in [0.05, 0.1) is 24.7 Å². The van der Waals surface area contributed by atoms with E-state index in [0.29, 0.717) is 35.3 Å². The van der Waals surface area contributed by atoms with Crippen LogP contribution in [-0.4, -0.2) is 87.3 Å². The molecule has 2 aliphatic heterocycles. The molecule has 284 valence electrons. The number of carbonyl (C=O) groups excluding carboxylic acids is 3. The summed E-state index contributed by atoms with van der Waals surface area (Å²) in [6.45, 7) is 7.67. The largest absolute Gasteiger partial charge is 0.497 e. The third-order valence-corrected chi connectivity index (χ3v) is 11.1. The Labute approximate surface area is 310 Å². The maximum Gasteiger partial charge on any atom is 0.408 e. The lowest BCUT2D eigenvalue weighted by atomic mass is 9.98. The average molecular weight is 730 g/mol. The lowest BCUT2D eigenvalue weighted by molar-refractivity contribution is -0.145. The van der Waals surface area contributed by atoms with Crippen molar-refractivity contribution in [2.75, 3.05) is 13.7 Å². The molecule has 7 atom stereocenters. The summed E-state index contributed by atoms with van der Waals surface area (Å²) in [5, 5.41) is 15.9. The highest BCUT2D eigenvalue weighted by Gasteiger charge is 2.61. The lowest BCUT2D eigenvalue weighted by Crippen LogP contribution is -2.56. The zero-order chi connectivity index (χ0) is 37.5. The predicted molar refractivity (Wildman–Crippen MR) is 198 cm³/mol. The third kappa shape index (κ3) is 8.66. The molecule has 0 spiro atoms. The molecule has 1 aromatic heterocycles. The standard InChI is InChI=1S/C40H51N5O8/c1-4-6-10-14-25-15-13-18-34(25)53-39(50)43-31-17-12-9-7-8-11-16-26-23-40(26,38(48)49)44-35(46)33-22-28(24-45(33)37(31)47)52-36-29(5-2)41-30-20-19-27(51-3)21-32(30)42-36/h4-5,11,16,19-21,25-26,28,31,33-34H,1-2,6-10,12-15,17-18,22-24H2,3H3,(H,43,50)(H,44,46)(H,48,49)/t25-,26-,28-,31+,33+,34-,40-/m1/s1. The summed E-state index contributed by atoms with van der Waals surface area (Å²) in [6, 6.07) is 3.26. The van der Waals surface area contributed by atoms with Crippen molar-refractivity contribution in [2.24, 2.45) is 11.8 Å². The number of nitrogens with zero attached hydrogens (tertiary/aromatic N) is 3. The van der Waals surface area contributed by atoms with Crippen LogP contribution in [-0.2, 0) is 19.1 Å². The minimum Gasteiger partial charge on any atom is -0.497 e. The summed E-state index contributed by atoms with van der Waals surface area (Å²) < 4.78 is 17.7. The molecule has 3 amide bonds. The number of aromatic nitrogens is 2. The molecule has 1 aromatic carbocycles. The number of nitrogens with one attached hydrogen (secondary N) is 2. The third-order valence-electron chi connectivity index (χ3n) is 11.1. The van der Waals surface area contributed by atoms with Gasteiger partial charge in [0.1, 0.15) is 41.3 Å². The van der Waals surface area contributed by atoms with Crippen LogP contribution >= 0.6 is 0 Å². The van der Waals surface area contributed by atoms with E-state index in [1.54, 1.807) is 25.3 Å². The number of aliphatic carboxylic acids is 1. The van der Waals surface area contributed by atoms with E-state index < -0.39 is 47.6 Å². The van der Waals surface area contributed by atoms with Gasteiger partial charge in [0.2, 0.25) is 17.7 Å². The van der Waals surface area contributed by atoms with E-state index in [2.05, 4.69) is 33.8 Å². The number of rotatable bonds is 11. The molecule has 0 bridgehead atoms. The molecule has 2 aromatic rings. The van der Waals surface area contributed by atoms with Gasteiger partial charge in [-0.15, -0.1) is 6.58 Å². The fraction of sp³-hybridized carbons (Fsp3) is 0.550. The Kier molecular flexibility index (Phi) is 12.0. The maximum absolute atomic E-state index is 14.5. The summed E-state index contributed by atoms with van der Waals surface area (Å²) in [5.74, 6) is -1.50. The van der Waals surface area contributed by atoms with Gasteiger partial charge in [0, 0.05) is 18.4 Å². The van der Waals surface area contributed by atoms with Crippen molar-refractivity contribution in [1.29, 1.82) is 0 Å². The molecule has 3 heterocycles. The van der Waals surface area contributed by atoms with E-state index in [9.17, 15) is 24.3 Å². The summed E-state index contributed by atoms with van der Waals surface area (Å²) in [5.41, 5.74) is 0.0639. The van der Waals surface area contributed by atoms with Crippen LogP contribution in [0, 0.1) is 11.8 Å². The topological polar surface area (TPSA) is 169 Å². The van der Waals surface area contributed by atoms with Gasteiger partial charge in [-0.3, -0.25) is 9.59 Å². The van der Waals surface area contributed by atoms with Crippen LogP contribution in [0.25, 0.3) is 17.1 Å². The molecule has 13 nitrogen and oxygen atoms in total. The first kappa shape index (κ1) is 37.8. The van der Waals surface area contributed by atoms with Gasteiger partial charge in [0.15, 0.2) is 0 Å². The minimum atomic E-state index is -1.45. The van der Waals surface area contributed by atoms with Gasteiger partial charge in [-0.1, -0.05) is 37.6 Å². The van der Waals surface area contributed by atoms with Crippen LogP contribution in [0.2, 0.25) is 0 Å². The quantitative estimate of drug-likeness (QED) is 0.192. The number of carboxylic acids is 1. The molecule has 1 saturated heterocycles. The molecule has 3 fully saturated rings. The van der Waals surface area contributed by atoms with E-state index in [4.69, 9.17) is 14.2 Å². The predicted octanol–water partition coefficient (Wildman–Crippen LogP) is 5.73. The molecule has 3 N–H and O–H groups in total. The highest BCUT2D eigenvalue weighted by Crippen LogP contribution is 2.45. The van der Waals surface area contributed by atoms with Crippen molar-refractivity contribution in [3.8, 4) is 11.6 Å². The number of carboxylic acid groups (broad SMARTS) is 1. The molecular weight excluding hydrogens is 678 g/mol. The molecule has 0 unspecified atom stereocenters. The average Bonchev–Trinajstić information content (AvgIpc) is 3.42. The number of allylic oxidation sites excluding steroid dienone is 2. The Morgan fingerprint density at radius 2 is 1.96 bits per heavy atom. The van der Waals surface area contributed by atoms with E-state index in [-0.39, 0.29) is 43.2 Å². The summed E-state index contributed by atoms with van der Waals surface area (Å²) in [6.07, 6.45) is 14.9. The Balaban J connectivity index is 1.25. The Bertz CT molecular complexity index is 1750. The molecule has 53 heavy (non-hydrogen) atoms. The summed E-state index contributed by atoms with van der Waals surface area (Å²) in [4.78, 5) is 65.2. The zero-order valence-electron chi connectivity index (χ0n) is 30.5. The van der Waals surface area contributed by atoms with Crippen molar-refractivity contribution in [3.05, 3.63) is 55.3 Å². The molecule has 2 aliphatic carbocycles. The Morgan fingerprint density at radius 3 is 2.74 bits per heavy atom. The van der Waals surface area contributed by atoms with E-state index in [0.717, 1.165) is 57.8 Å². The summed E-state index contributed by atoms with van der Waals surface area (Å²) >= 11 is 0. The highest BCUT2D eigenvalue weighted by atomic mass is 16.6. The fourth-order valence-corrected chi connectivity index (χ4v) is 8.01. The van der Waals surface area contributed by atoms with Crippen LogP contribution in [0.1, 0.15) is 89.2 Å². The number of benzene rings is 1. The summed E-state index contributed by atoms with van der Waals surface area (Å²) in [7, 11) is 1.55. The first-order valence-electron chi connectivity index (χ1n) is 18.9. The molecule has 2 saturated carbocycles. The van der Waals surface area contributed by atoms with Gasteiger partial charge in [-0.25, -0.2) is 19.6 Å². The van der Waals surface area contributed by atoms with Gasteiger partial charge in [-0.2, -0.15) is 0 Å². The Hall–Kier alpha value is -4.94. The second-order valence-corrected chi connectivity index (χ2v) is 14.6. The number of hydrogen-bond donors (Lipinski definition) is 3. The normalized spacial score (nSPS) is 28.8. The number of methoxy groups -OCH3 is 1. The van der Waals surface area contributed by atoms with Crippen molar-refractivity contribution in [1.82, 2.24) is 25.5 Å². The number of alkyl carbamates (subject to hydrolysis) is 1. The van der Waals surface area contributed by atoms with Crippen LogP contribution in [0.3, 0.4) is 0 Å². The van der Waals surface area contributed by atoms with Crippen molar-refractivity contribution >= 4 is 41.0 Å². The van der Waals surface area contributed by atoms with Crippen LogP contribution in [0.4, 0.5) is 4.79 Å². The number of hydrogen-bond acceptors (Lipinski definition) is 9. The maximum atomic E-state index is 14.5. The van der Waals surface area contributed by atoms with Crippen LogP contribution < -0.4 is 20.1 Å². The fourth-order valence-electron chi connectivity index (χ4n) is 8.01. The monoisotopic (exact) mass is 729 g/mol. The number of unbranched alkanes of at least 4 members (excludes halogenated alkanes) is 1. The highest BCUT2D eigenvalue weighted by molar-refractivity contribution is 5.96. The SMILES string of the molecule is C=CCCC[C@@H]1CCC[C@H]1OC(=O)N[C@H]1CCCCCC=C[C@@H]2C[C@@]2(C(=O)O)NC(=O)[C@@H]2C[C@@H](Oc3nc4cc(OC)ccc4nc3C=C)CN2C1=O. The van der Waals surface area contributed by atoms with Gasteiger partial charge in [0.25, 0.3) is 0 Å². The van der Waals surface area contributed by atoms with Crippen LogP contribution in [0.5, 0.6) is 11.6 Å². The van der Waals surface area contributed by atoms with Crippen molar-refractivity contribution in [3.63, 3.8) is 0 Å². The first-order chi connectivity index (χ1) is 25.6. The second-order valence-electron chi connectivity index (χ2n) is 14.6. The number of fused-ring (bicyclic) bond motifs is 3. The van der Waals surface area contributed by atoms with Gasteiger partial charge >= 0.3 is 12.1 Å². The molecule has 0 radical (unpaired) electrons. The molecular formula is C40H51N5O8. The second kappa shape index (κ2) is 16.8. The lowest BCUT2D eigenvalue weighted by Gasteiger charge is -2.30. The van der Waals surface area contributed by atoms with E-state index in [1.807, 2.05) is 18.2 Å². The van der Waals surface area contributed by atoms with Crippen molar-refractivity contribution in [2.45, 2.75) is 113 Å². The smallest absolute Gasteiger partial charge is 0.408 e.